The summed E-state index contributed by atoms with van der Waals surface area (Å²) in [5.74, 6) is -0.788. The van der Waals surface area contributed by atoms with Crippen molar-refractivity contribution >= 4 is 12.0 Å². The summed E-state index contributed by atoms with van der Waals surface area (Å²) in [6.07, 6.45) is -6.50. The molecule has 2 rings (SSSR count). The number of nitrogens with one attached hydrogen (secondary N) is 2. The predicted molar refractivity (Wildman–Crippen MR) is 167 cm³/mol. The monoisotopic (exact) mass is 696 g/mol. The summed E-state index contributed by atoms with van der Waals surface area (Å²) in [5.41, 5.74) is -1.84. The van der Waals surface area contributed by atoms with Crippen molar-refractivity contribution in [3.63, 3.8) is 0 Å². The van der Waals surface area contributed by atoms with E-state index in [1.165, 1.54) is 32.1 Å². The van der Waals surface area contributed by atoms with Crippen LogP contribution in [-0.4, -0.2) is 159 Å². The highest BCUT2D eigenvalue weighted by Gasteiger charge is 2.48. The van der Waals surface area contributed by atoms with E-state index < -0.39 is 112 Å². The number of hydrogen-bond acceptors (Lipinski definition) is 15. The largest absolute Gasteiger partial charge is 0.447 e. The molecule has 2 saturated heterocycles. The lowest BCUT2D eigenvalue weighted by atomic mass is 9.98. The first-order valence-electron chi connectivity index (χ1n) is 16.6. The lowest BCUT2D eigenvalue weighted by Crippen LogP contribution is -2.64. The molecule has 17 nitrogen and oxygen atoms in total. The van der Waals surface area contributed by atoms with Crippen LogP contribution in [0.2, 0.25) is 0 Å². The number of aliphatic hydroxyl groups excluding tert-OH is 8. The number of amides is 2. The van der Waals surface area contributed by atoms with Crippen LogP contribution in [0.25, 0.3) is 0 Å². The number of ether oxygens (including phenoxy) is 5. The summed E-state index contributed by atoms with van der Waals surface area (Å²) in [6.45, 7) is 2.50. The van der Waals surface area contributed by atoms with E-state index in [1.807, 2.05) is 0 Å². The Hall–Kier alpha value is -2.00. The zero-order valence-corrected chi connectivity index (χ0v) is 27.6. The van der Waals surface area contributed by atoms with E-state index in [4.69, 9.17) is 23.7 Å². The van der Waals surface area contributed by atoms with Crippen molar-refractivity contribution in [3.8, 4) is 0 Å². The normalized spacial score (nSPS) is 30.9. The van der Waals surface area contributed by atoms with E-state index in [-0.39, 0.29) is 0 Å². The summed E-state index contributed by atoms with van der Waals surface area (Å²) < 4.78 is 27.5. The van der Waals surface area contributed by atoms with Crippen LogP contribution in [0, 0.1) is 0 Å². The van der Waals surface area contributed by atoms with E-state index in [0.717, 1.165) is 25.3 Å². The van der Waals surface area contributed by atoms with Crippen molar-refractivity contribution in [2.24, 2.45) is 0 Å². The van der Waals surface area contributed by atoms with Crippen molar-refractivity contribution < 1.29 is 74.1 Å². The molecule has 280 valence electrons. The Bertz CT molecular complexity index is 902. The molecule has 17 heteroatoms. The van der Waals surface area contributed by atoms with Gasteiger partial charge in [0.2, 0.25) is 5.91 Å². The van der Waals surface area contributed by atoms with E-state index >= 15 is 0 Å². The number of rotatable bonds is 22. The Morgan fingerprint density at radius 3 is 1.60 bits per heavy atom. The molecule has 2 fully saturated rings. The molecular weight excluding hydrogens is 640 g/mol. The minimum Gasteiger partial charge on any atom is -0.447 e. The van der Waals surface area contributed by atoms with Gasteiger partial charge in [-0.3, -0.25) is 4.79 Å². The van der Waals surface area contributed by atoms with Crippen LogP contribution in [-0.2, 0) is 28.5 Å². The molecule has 2 aliphatic rings. The molecule has 0 aromatic rings. The molecule has 2 amide bonds. The Morgan fingerprint density at radius 2 is 1.17 bits per heavy atom. The SMILES string of the molecule is C=CC(=O)NC(COC(=O)NCCCCCCCCCCC)(CO[C@@H]1O[C@H](CO)[C@@H](O)[C@H](O)[C@H]1O)CO[C@@H]1O[C@H](CO)[C@@H](O)[C@H](O)[C@H]1O. The summed E-state index contributed by atoms with van der Waals surface area (Å²) in [5, 5.41) is 85.8. The highest BCUT2D eigenvalue weighted by atomic mass is 16.7. The zero-order valence-electron chi connectivity index (χ0n) is 27.6. The number of hydrogen-bond donors (Lipinski definition) is 10. The second kappa shape index (κ2) is 22.0. The number of unbranched alkanes of at least 4 members (excludes halogenated alkanes) is 8. The molecular formula is C31H56N2O15. The Labute approximate surface area is 280 Å². The molecule has 2 aliphatic heterocycles. The van der Waals surface area contributed by atoms with Gasteiger partial charge in [-0.25, -0.2) is 4.79 Å². The van der Waals surface area contributed by atoms with Crippen LogP contribution >= 0.6 is 0 Å². The first-order chi connectivity index (χ1) is 22.9. The average molecular weight is 697 g/mol. The van der Waals surface area contributed by atoms with Gasteiger partial charge >= 0.3 is 6.09 Å². The van der Waals surface area contributed by atoms with Crippen LogP contribution < -0.4 is 10.6 Å². The van der Waals surface area contributed by atoms with Gasteiger partial charge in [-0.1, -0.05) is 64.9 Å². The molecule has 48 heavy (non-hydrogen) atoms. The predicted octanol–water partition coefficient (Wildman–Crippen LogP) is -2.08. The lowest BCUT2D eigenvalue weighted by Gasteiger charge is -2.43. The second-order valence-electron chi connectivity index (χ2n) is 12.3. The quantitative estimate of drug-likeness (QED) is 0.0430. The van der Waals surface area contributed by atoms with Crippen LogP contribution in [0.15, 0.2) is 12.7 Å². The van der Waals surface area contributed by atoms with Gasteiger partial charge in [0, 0.05) is 6.54 Å². The van der Waals surface area contributed by atoms with Gasteiger partial charge in [-0.05, 0) is 12.5 Å². The molecule has 0 saturated carbocycles. The van der Waals surface area contributed by atoms with Gasteiger partial charge in [0.1, 0.15) is 61.0 Å². The maximum atomic E-state index is 12.7. The maximum absolute atomic E-state index is 12.7. The van der Waals surface area contributed by atoms with Crippen molar-refractivity contribution in [2.75, 3.05) is 39.6 Å². The van der Waals surface area contributed by atoms with Gasteiger partial charge in [0.25, 0.3) is 0 Å². The van der Waals surface area contributed by atoms with E-state index in [1.54, 1.807) is 0 Å². The molecule has 0 unspecified atom stereocenters. The minimum atomic E-state index is -1.84. The number of carbonyl (C=O) groups excluding carboxylic acids is 2. The fourth-order valence-corrected chi connectivity index (χ4v) is 5.32. The van der Waals surface area contributed by atoms with Crippen LogP contribution in [0.4, 0.5) is 4.79 Å². The summed E-state index contributed by atoms with van der Waals surface area (Å²) >= 11 is 0. The summed E-state index contributed by atoms with van der Waals surface area (Å²) in [7, 11) is 0. The molecule has 0 aliphatic carbocycles. The molecule has 0 aromatic carbocycles. The fourth-order valence-electron chi connectivity index (χ4n) is 5.32. The first kappa shape index (κ1) is 42.2. The van der Waals surface area contributed by atoms with Gasteiger partial charge in [0.05, 0.1) is 26.4 Å². The Morgan fingerprint density at radius 1 is 0.708 bits per heavy atom. The highest BCUT2D eigenvalue weighted by Crippen LogP contribution is 2.26. The van der Waals surface area contributed by atoms with E-state index in [0.29, 0.717) is 13.0 Å². The topological polar surface area (TPSA) is 266 Å². The number of aliphatic hydroxyl groups is 8. The fraction of sp³-hybridized carbons (Fsp3) is 0.871. The van der Waals surface area contributed by atoms with Crippen molar-refractivity contribution in [3.05, 3.63) is 12.7 Å². The lowest BCUT2D eigenvalue weighted by molar-refractivity contribution is -0.315. The van der Waals surface area contributed by atoms with Crippen molar-refractivity contribution in [1.82, 2.24) is 10.6 Å². The van der Waals surface area contributed by atoms with Crippen LogP contribution in [0.5, 0.6) is 0 Å². The third-order valence-electron chi connectivity index (χ3n) is 8.35. The van der Waals surface area contributed by atoms with Crippen LogP contribution in [0.3, 0.4) is 0 Å². The van der Waals surface area contributed by atoms with E-state index in [9.17, 15) is 50.4 Å². The number of carbonyl (C=O) groups is 2. The van der Waals surface area contributed by atoms with Crippen molar-refractivity contribution in [1.29, 1.82) is 0 Å². The Balaban J connectivity index is 2.12. The zero-order chi connectivity index (χ0) is 35.7. The standard InChI is InChI=1S/C31H56N2O15/c1-3-5-6-7-8-9-10-11-12-13-32-30(43)46-18-31(33-21(36)4-2,16-44-28-26(41)24(39)22(37)19(14-34)47-28)17-45-29-27(42)25(40)23(38)20(15-35)48-29/h4,19-20,22-29,34-35,37-42H,2-3,5-18H2,1H3,(H,32,43)(H,33,36)/t19-,20-,22-,23-,24+,25+,26-,27-,28-,29-/m1/s1. The van der Waals surface area contributed by atoms with Gasteiger partial charge in [-0.15, -0.1) is 0 Å². The second-order valence-corrected chi connectivity index (χ2v) is 12.3. The van der Waals surface area contributed by atoms with E-state index in [2.05, 4.69) is 24.1 Å². The van der Waals surface area contributed by atoms with Gasteiger partial charge in [0.15, 0.2) is 12.6 Å². The average Bonchev–Trinajstić information content (AvgIpc) is 3.08. The summed E-state index contributed by atoms with van der Waals surface area (Å²) in [6, 6.07) is 0. The van der Waals surface area contributed by atoms with Gasteiger partial charge < -0.3 is 75.2 Å². The third kappa shape index (κ3) is 13.0. The Kier molecular flexibility index (Phi) is 19.3. The van der Waals surface area contributed by atoms with Gasteiger partial charge in [-0.2, -0.15) is 0 Å². The molecule has 0 spiro atoms. The minimum absolute atomic E-state index is 0.323. The molecule has 0 radical (unpaired) electrons. The summed E-state index contributed by atoms with van der Waals surface area (Å²) in [4.78, 5) is 25.3. The number of alkyl carbamates (subject to hydrolysis) is 1. The molecule has 10 N–H and O–H groups in total. The molecule has 0 aromatic heterocycles. The smallest absolute Gasteiger partial charge is 0.407 e. The highest BCUT2D eigenvalue weighted by molar-refractivity contribution is 5.87. The molecule has 0 bridgehead atoms. The molecule has 2 heterocycles. The maximum Gasteiger partial charge on any atom is 0.407 e. The third-order valence-corrected chi connectivity index (χ3v) is 8.35. The first-order valence-corrected chi connectivity index (χ1v) is 16.6. The van der Waals surface area contributed by atoms with Crippen LogP contribution in [0.1, 0.15) is 64.7 Å². The van der Waals surface area contributed by atoms with Crippen molar-refractivity contribution in [2.45, 2.75) is 132 Å². The molecule has 10 atom stereocenters.